The van der Waals surface area contributed by atoms with Gasteiger partial charge in [-0.15, -0.1) is 35.7 Å². The summed E-state index contributed by atoms with van der Waals surface area (Å²) in [5.74, 6) is 1.84. The molecular formula is C21H27IN4S. The Bertz CT molecular complexity index is 741. The average molecular weight is 494 g/mol. The highest BCUT2D eigenvalue weighted by molar-refractivity contribution is 14.0. The molecule has 0 spiro atoms. The Labute approximate surface area is 183 Å². The maximum absolute atomic E-state index is 4.31. The molecule has 0 radical (unpaired) electrons. The van der Waals surface area contributed by atoms with E-state index in [2.05, 4.69) is 81.2 Å². The number of nitrogens with zero attached hydrogens (tertiary/aromatic N) is 2. The third kappa shape index (κ3) is 7.10. The summed E-state index contributed by atoms with van der Waals surface area (Å²) in [4.78, 5) is 7.97. The Morgan fingerprint density at radius 1 is 1.04 bits per heavy atom. The van der Waals surface area contributed by atoms with Crippen molar-refractivity contribution >= 4 is 47.4 Å². The van der Waals surface area contributed by atoms with Crippen LogP contribution in [-0.4, -0.2) is 38.4 Å². The largest absolute Gasteiger partial charge is 0.364 e. The fourth-order valence-electron chi connectivity index (χ4n) is 2.81. The Morgan fingerprint density at radius 3 is 2.56 bits per heavy atom. The number of guanidine groups is 1. The predicted octanol–water partition coefficient (Wildman–Crippen LogP) is 4.14. The summed E-state index contributed by atoms with van der Waals surface area (Å²) >= 11 is 1.85. The Balaban J connectivity index is 0.00000261. The first-order valence-electron chi connectivity index (χ1n) is 8.96. The van der Waals surface area contributed by atoms with Crippen molar-refractivity contribution in [2.24, 2.45) is 4.99 Å². The minimum atomic E-state index is 0. The topological polar surface area (TPSA) is 39.7 Å². The lowest BCUT2D eigenvalue weighted by Gasteiger charge is -2.19. The maximum Gasteiger partial charge on any atom is 0.191 e. The zero-order chi connectivity index (χ0) is 18.0. The summed E-state index contributed by atoms with van der Waals surface area (Å²) in [6.07, 6.45) is 4.42. The molecule has 2 aromatic rings. The van der Waals surface area contributed by atoms with E-state index < -0.39 is 0 Å². The van der Waals surface area contributed by atoms with Crippen LogP contribution in [0.1, 0.15) is 5.56 Å². The summed E-state index contributed by atoms with van der Waals surface area (Å²) < 4.78 is 0. The Kier molecular flexibility index (Phi) is 9.55. The molecule has 0 aromatic heterocycles. The number of thioether (sulfide) groups is 1. The molecule has 0 saturated heterocycles. The van der Waals surface area contributed by atoms with Crippen molar-refractivity contribution in [1.82, 2.24) is 10.6 Å². The van der Waals surface area contributed by atoms with Crippen LogP contribution in [-0.2, 0) is 6.54 Å². The number of anilines is 1. The summed E-state index contributed by atoms with van der Waals surface area (Å²) in [6, 6.07) is 19.2. The first kappa shape index (κ1) is 21.6. The third-order valence-electron chi connectivity index (χ3n) is 4.18. The monoisotopic (exact) mass is 494 g/mol. The molecule has 1 aliphatic rings. The number of nitrogens with one attached hydrogen (secondary N) is 2. The number of rotatable bonds is 7. The van der Waals surface area contributed by atoms with E-state index in [1.807, 2.05) is 24.9 Å². The molecule has 27 heavy (non-hydrogen) atoms. The van der Waals surface area contributed by atoms with Crippen LogP contribution in [0.4, 0.5) is 5.69 Å². The van der Waals surface area contributed by atoms with Crippen molar-refractivity contribution in [2.45, 2.75) is 11.4 Å². The molecular weight excluding hydrogens is 467 g/mol. The van der Waals surface area contributed by atoms with Crippen LogP contribution in [0.2, 0.25) is 0 Å². The SMILES string of the molecule is CN=C(NCCSc1ccccc1)NCc1cccc(N2CC=CC2)c1.I. The van der Waals surface area contributed by atoms with Crippen LogP contribution in [0.5, 0.6) is 0 Å². The highest BCUT2D eigenvalue weighted by atomic mass is 127. The van der Waals surface area contributed by atoms with Gasteiger partial charge < -0.3 is 15.5 Å². The minimum Gasteiger partial charge on any atom is -0.364 e. The second-order valence-corrected chi connectivity index (χ2v) is 7.23. The molecule has 1 heterocycles. The first-order valence-corrected chi connectivity index (χ1v) is 9.95. The molecule has 0 amide bonds. The number of benzene rings is 2. The zero-order valence-corrected chi connectivity index (χ0v) is 18.7. The molecule has 4 nitrogen and oxygen atoms in total. The van der Waals surface area contributed by atoms with Gasteiger partial charge in [0.2, 0.25) is 0 Å². The normalized spacial score (nSPS) is 13.4. The van der Waals surface area contributed by atoms with Crippen LogP contribution in [0, 0.1) is 0 Å². The van der Waals surface area contributed by atoms with E-state index in [9.17, 15) is 0 Å². The van der Waals surface area contributed by atoms with Crippen molar-refractivity contribution in [3.63, 3.8) is 0 Å². The van der Waals surface area contributed by atoms with Crippen LogP contribution in [0.25, 0.3) is 0 Å². The fourth-order valence-corrected chi connectivity index (χ4v) is 3.60. The van der Waals surface area contributed by atoms with Gasteiger partial charge in [0, 0.05) is 49.6 Å². The van der Waals surface area contributed by atoms with E-state index in [0.717, 1.165) is 37.9 Å². The molecule has 3 rings (SSSR count). The molecule has 2 aromatic carbocycles. The van der Waals surface area contributed by atoms with Crippen LogP contribution < -0.4 is 15.5 Å². The maximum atomic E-state index is 4.31. The van der Waals surface area contributed by atoms with Crippen LogP contribution >= 0.6 is 35.7 Å². The molecule has 2 N–H and O–H groups in total. The molecule has 0 atom stereocenters. The van der Waals surface area contributed by atoms with Gasteiger partial charge in [0.25, 0.3) is 0 Å². The molecule has 144 valence electrons. The lowest BCUT2D eigenvalue weighted by Crippen LogP contribution is -2.38. The summed E-state index contributed by atoms with van der Waals surface area (Å²) in [5.41, 5.74) is 2.53. The van der Waals surface area contributed by atoms with Gasteiger partial charge in [0.05, 0.1) is 0 Å². The number of hydrogen-bond donors (Lipinski definition) is 2. The molecule has 0 unspecified atom stereocenters. The van der Waals surface area contributed by atoms with Gasteiger partial charge in [0.15, 0.2) is 5.96 Å². The van der Waals surface area contributed by atoms with Gasteiger partial charge in [-0.3, -0.25) is 4.99 Å². The zero-order valence-electron chi connectivity index (χ0n) is 15.6. The minimum absolute atomic E-state index is 0. The van der Waals surface area contributed by atoms with E-state index >= 15 is 0 Å². The Hall–Kier alpha value is -1.67. The smallest absolute Gasteiger partial charge is 0.191 e. The van der Waals surface area contributed by atoms with E-state index in [4.69, 9.17) is 0 Å². The van der Waals surface area contributed by atoms with E-state index in [1.165, 1.54) is 16.1 Å². The van der Waals surface area contributed by atoms with E-state index in [1.54, 1.807) is 0 Å². The molecule has 0 saturated carbocycles. The lowest BCUT2D eigenvalue weighted by molar-refractivity contribution is 0.832. The van der Waals surface area contributed by atoms with Crippen molar-refractivity contribution < 1.29 is 0 Å². The number of halogens is 1. The predicted molar refractivity (Wildman–Crippen MR) is 129 cm³/mol. The van der Waals surface area contributed by atoms with Crippen molar-refractivity contribution in [1.29, 1.82) is 0 Å². The van der Waals surface area contributed by atoms with Crippen LogP contribution in [0.15, 0.2) is 76.6 Å². The van der Waals surface area contributed by atoms with Crippen LogP contribution in [0.3, 0.4) is 0 Å². The molecule has 0 fully saturated rings. The van der Waals surface area contributed by atoms with Gasteiger partial charge >= 0.3 is 0 Å². The Morgan fingerprint density at radius 2 is 1.81 bits per heavy atom. The van der Waals surface area contributed by atoms with E-state index in [0.29, 0.717) is 0 Å². The standard InChI is InChI=1S/C21H26N4S.HI/c1-22-21(23-12-15-26-20-10-3-2-4-11-20)24-17-18-8-7-9-19(16-18)25-13-5-6-14-25;/h2-11,16H,12-15,17H2,1H3,(H2,22,23,24);1H. The molecule has 0 bridgehead atoms. The first-order chi connectivity index (χ1) is 12.8. The number of hydrogen-bond acceptors (Lipinski definition) is 3. The van der Waals surface area contributed by atoms with Crippen molar-refractivity contribution in [2.75, 3.05) is 37.3 Å². The quantitative estimate of drug-likeness (QED) is 0.152. The summed E-state index contributed by atoms with van der Waals surface area (Å²) in [7, 11) is 1.81. The number of aliphatic imine (C=N–C) groups is 1. The second-order valence-electron chi connectivity index (χ2n) is 6.06. The highest BCUT2D eigenvalue weighted by Crippen LogP contribution is 2.18. The van der Waals surface area contributed by atoms with Crippen molar-refractivity contribution in [3.8, 4) is 0 Å². The fraction of sp³-hybridized carbons (Fsp3) is 0.286. The van der Waals surface area contributed by atoms with Crippen molar-refractivity contribution in [3.05, 3.63) is 72.3 Å². The van der Waals surface area contributed by atoms with Gasteiger partial charge in [-0.05, 0) is 29.8 Å². The van der Waals surface area contributed by atoms with Gasteiger partial charge in [0.1, 0.15) is 0 Å². The van der Waals surface area contributed by atoms with Gasteiger partial charge in [-0.1, -0.05) is 42.5 Å². The molecule has 1 aliphatic heterocycles. The highest BCUT2D eigenvalue weighted by Gasteiger charge is 2.08. The summed E-state index contributed by atoms with van der Waals surface area (Å²) in [6.45, 7) is 3.64. The lowest BCUT2D eigenvalue weighted by atomic mass is 10.2. The summed E-state index contributed by atoms with van der Waals surface area (Å²) in [5, 5.41) is 6.77. The third-order valence-corrected chi connectivity index (χ3v) is 5.20. The molecule has 6 heteroatoms. The molecule has 0 aliphatic carbocycles. The average Bonchev–Trinajstić information content (AvgIpc) is 3.23. The van der Waals surface area contributed by atoms with E-state index in [-0.39, 0.29) is 24.0 Å². The second kappa shape index (κ2) is 11.9. The van der Waals surface area contributed by atoms with Gasteiger partial charge in [-0.25, -0.2) is 0 Å². The van der Waals surface area contributed by atoms with Gasteiger partial charge in [-0.2, -0.15) is 0 Å².